The molecular formula is C14H18N5O+. The molecule has 0 saturated carbocycles. The fraction of sp³-hybridized carbons (Fsp3) is 0.286. The van der Waals surface area contributed by atoms with E-state index in [1.54, 1.807) is 12.1 Å². The van der Waals surface area contributed by atoms with Crippen LogP contribution in [0, 0.1) is 0 Å². The molecule has 5 N–H and O–H groups in total. The Morgan fingerprint density at radius 1 is 1.15 bits per heavy atom. The molecule has 1 fully saturated rings. The van der Waals surface area contributed by atoms with Gasteiger partial charge in [0.25, 0.3) is 0 Å². The van der Waals surface area contributed by atoms with E-state index in [2.05, 4.69) is 20.4 Å². The van der Waals surface area contributed by atoms with Crippen molar-refractivity contribution in [3.05, 3.63) is 30.3 Å². The second-order valence-electron chi connectivity index (χ2n) is 4.87. The molecule has 0 atom stereocenters. The van der Waals surface area contributed by atoms with Gasteiger partial charge in [-0.15, -0.1) is 10.2 Å². The molecule has 1 saturated heterocycles. The molecule has 0 amide bonds. The van der Waals surface area contributed by atoms with Crippen LogP contribution in [0.5, 0.6) is 5.75 Å². The lowest BCUT2D eigenvalue weighted by Gasteiger charge is -2.27. The van der Waals surface area contributed by atoms with Crippen molar-refractivity contribution in [1.82, 2.24) is 10.2 Å². The summed E-state index contributed by atoms with van der Waals surface area (Å²) in [4.78, 5) is 2.22. The second kappa shape index (κ2) is 5.34. The first-order valence-corrected chi connectivity index (χ1v) is 6.74. The predicted molar refractivity (Wildman–Crippen MR) is 77.4 cm³/mol. The van der Waals surface area contributed by atoms with E-state index in [0.717, 1.165) is 31.9 Å². The molecule has 3 rings (SSSR count). The molecule has 0 unspecified atom stereocenters. The molecule has 0 spiro atoms. The Balaban J connectivity index is 2.00. The number of rotatable bonds is 2. The predicted octanol–water partition coefficient (Wildman–Crippen LogP) is -0.185. The van der Waals surface area contributed by atoms with Gasteiger partial charge < -0.3 is 21.1 Å². The van der Waals surface area contributed by atoms with E-state index in [-0.39, 0.29) is 5.75 Å². The maximum Gasteiger partial charge on any atom is 0.169 e. The van der Waals surface area contributed by atoms with E-state index in [1.807, 2.05) is 18.2 Å². The minimum Gasteiger partial charge on any atom is -0.507 e. The van der Waals surface area contributed by atoms with E-state index in [0.29, 0.717) is 17.1 Å². The van der Waals surface area contributed by atoms with Crippen molar-refractivity contribution in [2.24, 2.45) is 0 Å². The summed E-state index contributed by atoms with van der Waals surface area (Å²) >= 11 is 0. The normalized spacial score (nSPS) is 15.3. The standard InChI is InChI=1S/C14H17N5O/c15-14-12(19-7-5-16-6-8-19)9-11(17-18-14)10-3-1-2-4-13(10)20/h1-4,9,16,20H,5-8H2,(H2,15,18)/p+1. The summed E-state index contributed by atoms with van der Waals surface area (Å²) in [7, 11) is 0. The summed E-state index contributed by atoms with van der Waals surface area (Å²) in [6.45, 7) is 3.98. The highest BCUT2D eigenvalue weighted by Crippen LogP contribution is 2.31. The lowest BCUT2D eigenvalue weighted by molar-refractivity contribution is -0.655. The number of piperazine rings is 1. The molecule has 0 radical (unpaired) electrons. The lowest BCUT2D eigenvalue weighted by Crippen LogP contribution is -2.89. The number of quaternary nitrogens is 1. The molecule has 0 bridgehead atoms. The Morgan fingerprint density at radius 2 is 1.90 bits per heavy atom. The van der Waals surface area contributed by atoms with E-state index in [9.17, 15) is 5.11 Å². The topological polar surface area (TPSA) is 91.9 Å². The van der Waals surface area contributed by atoms with Crippen LogP contribution in [0.1, 0.15) is 0 Å². The van der Waals surface area contributed by atoms with Crippen molar-refractivity contribution < 1.29 is 10.4 Å². The van der Waals surface area contributed by atoms with Crippen molar-refractivity contribution in [1.29, 1.82) is 0 Å². The summed E-state index contributed by atoms with van der Waals surface area (Å²) in [5.74, 6) is 0.635. The number of benzene rings is 1. The maximum atomic E-state index is 9.92. The van der Waals surface area contributed by atoms with Gasteiger partial charge in [-0.3, -0.25) is 0 Å². The Kier molecular flexibility index (Phi) is 3.39. The summed E-state index contributed by atoms with van der Waals surface area (Å²) in [5.41, 5.74) is 8.15. The van der Waals surface area contributed by atoms with Crippen LogP contribution in [0.4, 0.5) is 11.5 Å². The number of aromatic nitrogens is 2. The van der Waals surface area contributed by atoms with Gasteiger partial charge in [-0.25, -0.2) is 0 Å². The van der Waals surface area contributed by atoms with Gasteiger partial charge in [0, 0.05) is 5.56 Å². The SMILES string of the molecule is Nc1nnc(-c2ccccc2O)cc1N1CC[NH2+]CC1. The van der Waals surface area contributed by atoms with Gasteiger partial charge in [0.05, 0.1) is 37.6 Å². The Labute approximate surface area is 117 Å². The zero-order valence-corrected chi connectivity index (χ0v) is 11.2. The van der Waals surface area contributed by atoms with Crippen LogP contribution in [-0.2, 0) is 0 Å². The molecule has 1 aliphatic rings. The molecule has 2 aromatic rings. The highest BCUT2D eigenvalue weighted by Gasteiger charge is 2.18. The van der Waals surface area contributed by atoms with Crippen LogP contribution in [0.2, 0.25) is 0 Å². The van der Waals surface area contributed by atoms with Gasteiger partial charge in [-0.05, 0) is 18.2 Å². The molecular weight excluding hydrogens is 254 g/mol. The second-order valence-corrected chi connectivity index (χ2v) is 4.87. The monoisotopic (exact) mass is 272 g/mol. The summed E-state index contributed by atoms with van der Waals surface area (Å²) in [5, 5.41) is 20.3. The number of nitrogens with two attached hydrogens (primary N) is 2. The molecule has 6 nitrogen and oxygen atoms in total. The Bertz CT molecular complexity index is 610. The fourth-order valence-corrected chi connectivity index (χ4v) is 2.46. The summed E-state index contributed by atoms with van der Waals surface area (Å²) in [6.07, 6.45) is 0. The van der Waals surface area contributed by atoms with Crippen molar-refractivity contribution in [2.75, 3.05) is 36.8 Å². The molecule has 6 heteroatoms. The lowest BCUT2D eigenvalue weighted by atomic mass is 10.1. The minimum absolute atomic E-state index is 0.199. The highest BCUT2D eigenvalue weighted by atomic mass is 16.3. The number of hydrogen-bond acceptors (Lipinski definition) is 5. The van der Waals surface area contributed by atoms with Crippen LogP contribution in [0.15, 0.2) is 30.3 Å². The van der Waals surface area contributed by atoms with Crippen molar-refractivity contribution in [3.8, 4) is 17.0 Å². The van der Waals surface area contributed by atoms with E-state index in [4.69, 9.17) is 5.73 Å². The first-order chi connectivity index (χ1) is 9.75. The van der Waals surface area contributed by atoms with E-state index < -0.39 is 0 Å². The van der Waals surface area contributed by atoms with Gasteiger partial charge in [-0.1, -0.05) is 12.1 Å². The average Bonchev–Trinajstić information content (AvgIpc) is 2.49. The highest BCUT2D eigenvalue weighted by molar-refractivity contribution is 5.73. The van der Waals surface area contributed by atoms with Crippen LogP contribution in [-0.4, -0.2) is 41.5 Å². The maximum absolute atomic E-state index is 9.92. The largest absolute Gasteiger partial charge is 0.507 e. The smallest absolute Gasteiger partial charge is 0.169 e. The van der Waals surface area contributed by atoms with E-state index in [1.165, 1.54) is 0 Å². The molecule has 20 heavy (non-hydrogen) atoms. The molecule has 2 heterocycles. The van der Waals surface area contributed by atoms with Gasteiger partial charge in [-0.2, -0.15) is 0 Å². The zero-order valence-electron chi connectivity index (χ0n) is 11.2. The first kappa shape index (κ1) is 12.7. The third kappa shape index (κ3) is 2.37. The number of nitrogens with zero attached hydrogens (tertiary/aromatic N) is 3. The Hall–Kier alpha value is -2.34. The fourth-order valence-electron chi connectivity index (χ4n) is 2.46. The van der Waals surface area contributed by atoms with Gasteiger partial charge in [0.2, 0.25) is 0 Å². The average molecular weight is 272 g/mol. The number of aromatic hydroxyl groups is 1. The number of phenolic OH excluding ortho intramolecular Hbond substituents is 1. The summed E-state index contributed by atoms with van der Waals surface area (Å²) < 4.78 is 0. The zero-order chi connectivity index (χ0) is 13.9. The van der Waals surface area contributed by atoms with Crippen molar-refractivity contribution in [2.45, 2.75) is 0 Å². The van der Waals surface area contributed by atoms with Gasteiger partial charge >= 0.3 is 0 Å². The number of anilines is 2. The quantitative estimate of drug-likeness (QED) is 0.705. The molecule has 104 valence electrons. The minimum atomic E-state index is 0.199. The summed E-state index contributed by atoms with van der Waals surface area (Å²) in [6, 6.07) is 9.02. The van der Waals surface area contributed by atoms with Crippen LogP contribution in [0.3, 0.4) is 0 Å². The number of nitrogen functional groups attached to an aromatic ring is 1. The first-order valence-electron chi connectivity index (χ1n) is 6.74. The van der Waals surface area contributed by atoms with Gasteiger partial charge in [0.15, 0.2) is 5.82 Å². The molecule has 1 aromatic heterocycles. The third-order valence-corrected chi connectivity index (χ3v) is 3.53. The molecule has 1 aliphatic heterocycles. The third-order valence-electron chi connectivity index (χ3n) is 3.53. The van der Waals surface area contributed by atoms with Crippen LogP contribution < -0.4 is 16.0 Å². The van der Waals surface area contributed by atoms with Crippen molar-refractivity contribution in [3.63, 3.8) is 0 Å². The molecule has 0 aliphatic carbocycles. The van der Waals surface area contributed by atoms with E-state index >= 15 is 0 Å². The number of para-hydroxylation sites is 1. The van der Waals surface area contributed by atoms with Crippen molar-refractivity contribution >= 4 is 11.5 Å². The van der Waals surface area contributed by atoms with Crippen LogP contribution in [0.25, 0.3) is 11.3 Å². The van der Waals surface area contributed by atoms with Crippen LogP contribution >= 0.6 is 0 Å². The number of phenols is 1. The number of hydrogen-bond donors (Lipinski definition) is 3. The Morgan fingerprint density at radius 3 is 2.65 bits per heavy atom. The van der Waals surface area contributed by atoms with Gasteiger partial charge in [0.1, 0.15) is 5.75 Å². The molecule has 1 aromatic carbocycles.